The zero-order valence-electron chi connectivity index (χ0n) is 8.55. The maximum absolute atomic E-state index is 5.03. The van der Waals surface area contributed by atoms with Crippen LogP contribution in [0.5, 0.6) is 0 Å². The lowest BCUT2D eigenvalue weighted by Gasteiger charge is -2.21. The molecule has 0 aromatic carbocycles. The first-order valence-electron chi connectivity index (χ1n) is 4.70. The van der Waals surface area contributed by atoms with E-state index in [1.807, 2.05) is 0 Å². The average Bonchev–Trinajstić information content (AvgIpc) is 2.04. The van der Waals surface area contributed by atoms with Gasteiger partial charge in [0.05, 0.1) is 0 Å². The Balaban J connectivity index is 0. The van der Waals surface area contributed by atoms with Crippen LogP contribution in [0.15, 0.2) is 0 Å². The van der Waals surface area contributed by atoms with E-state index in [9.17, 15) is 0 Å². The fourth-order valence-corrected chi connectivity index (χ4v) is 1.38. The van der Waals surface area contributed by atoms with Crippen LogP contribution in [0.2, 0.25) is 0 Å². The van der Waals surface area contributed by atoms with E-state index in [1.165, 1.54) is 25.7 Å². The van der Waals surface area contributed by atoms with Crippen LogP contribution in [0.1, 0.15) is 39.5 Å². The Kier molecular flexibility index (Phi) is 13.2. The van der Waals surface area contributed by atoms with Crippen LogP contribution in [0, 0.1) is 0 Å². The number of nitrogens with zero attached hydrogens (tertiary/aromatic N) is 1. The molecule has 0 radical (unpaired) electrons. The molecule has 0 aromatic heterocycles. The van der Waals surface area contributed by atoms with E-state index in [4.69, 9.17) is 12.2 Å². The van der Waals surface area contributed by atoms with Crippen molar-refractivity contribution in [2.45, 2.75) is 39.5 Å². The van der Waals surface area contributed by atoms with Crippen LogP contribution < -0.4 is 0 Å². The van der Waals surface area contributed by atoms with Crippen molar-refractivity contribution in [1.29, 1.82) is 0 Å². The lowest BCUT2D eigenvalue weighted by molar-refractivity contribution is 0.411. The summed E-state index contributed by atoms with van der Waals surface area (Å²) in [7, 11) is 0. The van der Waals surface area contributed by atoms with Crippen LogP contribution in [0.3, 0.4) is 0 Å². The van der Waals surface area contributed by atoms with Crippen molar-refractivity contribution in [2.24, 2.45) is 0 Å². The molecule has 0 saturated carbocycles. The Hall–Kier alpha value is 0.590. The molecule has 0 heterocycles. The highest BCUT2D eigenvalue weighted by atomic mass is 32.1. The van der Waals surface area contributed by atoms with Crippen LogP contribution in [-0.2, 0) is 0 Å². The summed E-state index contributed by atoms with van der Waals surface area (Å²) >= 11 is 9.23. The zero-order chi connectivity index (χ0) is 9.40. The van der Waals surface area contributed by atoms with Gasteiger partial charge in [-0.2, -0.15) is 13.5 Å². The fraction of sp³-hybridized carbons (Fsp3) is 0.889. The number of hydrogen-bond donors (Lipinski definition) is 1. The molecule has 4 heteroatoms. The van der Waals surface area contributed by atoms with Gasteiger partial charge in [0.2, 0.25) is 0 Å². The molecule has 0 bridgehead atoms. The lowest BCUT2D eigenvalue weighted by atomic mass is 10.3. The van der Waals surface area contributed by atoms with Gasteiger partial charge in [-0.25, -0.2) is 0 Å². The van der Waals surface area contributed by atoms with Crippen molar-refractivity contribution < 1.29 is 0 Å². The summed E-state index contributed by atoms with van der Waals surface area (Å²) < 4.78 is 0.747. The molecule has 0 saturated heterocycles. The second-order valence-corrected chi connectivity index (χ2v) is 4.09. The average molecular weight is 239 g/mol. The van der Waals surface area contributed by atoms with Gasteiger partial charge in [0.15, 0.2) is 0 Å². The molecule has 0 unspecified atom stereocenters. The summed E-state index contributed by atoms with van der Waals surface area (Å²) in [4.78, 5) is 2.19. The summed E-state index contributed by atoms with van der Waals surface area (Å²) in [6.07, 6.45) is 4.87. The molecule has 0 amide bonds. The zero-order valence-corrected chi connectivity index (χ0v) is 11.3. The molecular weight excluding hydrogens is 218 g/mol. The van der Waals surface area contributed by atoms with E-state index in [0.29, 0.717) is 0 Å². The Bertz CT molecular complexity index is 120. The minimum Gasteiger partial charge on any atom is -0.358 e. The van der Waals surface area contributed by atoms with Gasteiger partial charge in [0.1, 0.15) is 4.32 Å². The van der Waals surface area contributed by atoms with Gasteiger partial charge < -0.3 is 4.90 Å². The predicted octanol–water partition coefficient (Wildman–Crippen LogP) is 3.22. The largest absolute Gasteiger partial charge is 0.358 e. The third kappa shape index (κ3) is 8.91. The predicted molar refractivity (Wildman–Crippen MR) is 73.4 cm³/mol. The fourth-order valence-electron chi connectivity index (χ4n) is 1.00. The lowest BCUT2D eigenvalue weighted by Crippen LogP contribution is -2.28. The second kappa shape index (κ2) is 10.7. The Labute approximate surface area is 100 Å². The van der Waals surface area contributed by atoms with Crippen molar-refractivity contribution in [2.75, 3.05) is 13.1 Å². The number of rotatable bonds is 6. The summed E-state index contributed by atoms with van der Waals surface area (Å²) in [5, 5.41) is 0. The third-order valence-electron chi connectivity index (χ3n) is 1.83. The van der Waals surface area contributed by atoms with Gasteiger partial charge in [-0.05, 0) is 12.8 Å². The second-order valence-electron chi connectivity index (χ2n) is 2.98. The van der Waals surface area contributed by atoms with E-state index >= 15 is 0 Å². The number of hydrogen-bond acceptors (Lipinski definition) is 1. The van der Waals surface area contributed by atoms with Crippen molar-refractivity contribution in [1.82, 2.24) is 4.90 Å². The van der Waals surface area contributed by atoms with E-state index < -0.39 is 0 Å². The minimum atomic E-state index is 0. The molecule has 0 rings (SSSR count). The van der Waals surface area contributed by atoms with Crippen molar-refractivity contribution in [3.8, 4) is 0 Å². The van der Waals surface area contributed by atoms with Gasteiger partial charge >= 0.3 is 0 Å². The summed E-state index contributed by atoms with van der Waals surface area (Å²) in [5.41, 5.74) is 0. The van der Waals surface area contributed by atoms with E-state index in [2.05, 4.69) is 31.4 Å². The van der Waals surface area contributed by atoms with E-state index in [1.54, 1.807) is 0 Å². The van der Waals surface area contributed by atoms with Gasteiger partial charge in [0.25, 0.3) is 0 Å². The molecule has 0 atom stereocenters. The van der Waals surface area contributed by atoms with Crippen LogP contribution in [0.25, 0.3) is 0 Å². The molecule has 0 aromatic rings. The first kappa shape index (κ1) is 16.0. The van der Waals surface area contributed by atoms with Crippen LogP contribution in [-0.4, -0.2) is 22.3 Å². The van der Waals surface area contributed by atoms with Crippen molar-refractivity contribution in [3.05, 3.63) is 0 Å². The maximum Gasteiger partial charge on any atom is 0.133 e. The monoisotopic (exact) mass is 239 g/mol. The van der Waals surface area contributed by atoms with Crippen LogP contribution in [0.4, 0.5) is 0 Å². The number of thiol groups is 1. The SMILES string of the molecule is CCCCN(CCCC)C(=S)S.S. The van der Waals surface area contributed by atoms with Crippen molar-refractivity contribution >= 4 is 42.7 Å². The molecule has 1 nitrogen and oxygen atoms in total. The number of unbranched alkanes of at least 4 members (excludes halogenated alkanes) is 2. The first-order chi connectivity index (χ1) is 5.72. The molecule has 0 fully saturated rings. The van der Waals surface area contributed by atoms with Gasteiger partial charge in [-0.15, -0.1) is 12.6 Å². The highest BCUT2D eigenvalue weighted by Crippen LogP contribution is 2.02. The molecule has 0 N–H and O–H groups in total. The standard InChI is InChI=1S/C9H19NS2.H2S/c1-3-5-7-10(9(11)12)8-6-4-2;/h3-8H2,1-2H3,(H,11,12);1H2. The van der Waals surface area contributed by atoms with Crippen LogP contribution >= 0.6 is 38.3 Å². The highest BCUT2D eigenvalue weighted by molar-refractivity contribution is 8.10. The highest BCUT2D eigenvalue weighted by Gasteiger charge is 2.03. The molecule has 0 spiro atoms. The minimum absolute atomic E-state index is 0. The third-order valence-corrected chi connectivity index (χ3v) is 2.37. The quantitative estimate of drug-likeness (QED) is 0.560. The van der Waals surface area contributed by atoms with Gasteiger partial charge in [-0.1, -0.05) is 38.9 Å². The first-order valence-corrected chi connectivity index (χ1v) is 5.55. The summed E-state index contributed by atoms with van der Waals surface area (Å²) in [6, 6.07) is 0. The smallest absolute Gasteiger partial charge is 0.133 e. The number of thiocarbonyl (C=S) groups is 1. The summed E-state index contributed by atoms with van der Waals surface area (Å²) in [6.45, 7) is 6.52. The Morgan fingerprint density at radius 1 is 1.15 bits per heavy atom. The van der Waals surface area contributed by atoms with Gasteiger partial charge in [0, 0.05) is 13.1 Å². The normalized spacial score (nSPS) is 9.15. The maximum atomic E-state index is 5.03. The molecule has 0 aliphatic rings. The Morgan fingerprint density at radius 3 is 1.77 bits per heavy atom. The molecular formula is C9H21NS3. The van der Waals surface area contributed by atoms with E-state index in [-0.39, 0.29) is 13.5 Å². The van der Waals surface area contributed by atoms with Crippen molar-refractivity contribution in [3.63, 3.8) is 0 Å². The molecule has 13 heavy (non-hydrogen) atoms. The molecule has 0 aliphatic carbocycles. The molecule has 80 valence electrons. The summed E-state index contributed by atoms with van der Waals surface area (Å²) in [5.74, 6) is 0. The van der Waals surface area contributed by atoms with Gasteiger partial charge in [-0.3, -0.25) is 0 Å². The van der Waals surface area contributed by atoms with E-state index in [0.717, 1.165) is 17.4 Å². The Morgan fingerprint density at radius 2 is 1.54 bits per heavy atom. The molecule has 0 aliphatic heterocycles. The topological polar surface area (TPSA) is 3.24 Å².